The lowest BCUT2D eigenvalue weighted by molar-refractivity contribution is -0.124. The molecule has 0 aliphatic carbocycles. The number of nitrogens with one attached hydrogen (secondary N) is 1. The minimum Gasteiger partial charge on any atom is -0.368 e. The predicted octanol–water partition coefficient (Wildman–Crippen LogP) is 4.05. The third-order valence-corrected chi connectivity index (χ3v) is 4.95. The van der Waals surface area contributed by atoms with E-state index in [9.17, 15) is 9.59 Å². The summed E-state index contributed by atoms with van der Waals surface area (Å²) in [5, 5.41) is 2.86. The zero-order valence-corrected chi connectivity index (χ0v) is 16.5. The summed E-state index contributed by atoms with van der Waals surface area (Å²) >= 11 is 0. The Bertz CT molecular complexity index is 1000. The van der Waals surface area contributed by atoms with E-state index in [1.54, 1.807) is 35.4 Å². The Labute approximate surface area is 175 Å². The normalized spacial score (nSPS) is 15.5. The van der Waals surface area contributed by atoms with E-state index >= 15 is 0 Å². The van der Waals surface area contributed by atoms with Crippen LogP contribution in [0.15, 0.2) is 79.0 Å². The van der Waals surface area contributed by atoms with Crippen LogP contribution in [0.2, 0.25) is 0 Å². The van der Waals surface area contributed by atoms with Gasteiger partial charge in [0.2, 0.25) is 0 Å². The van der Waals surface area contributed by atoms with Crippen molar-refractivity contribution in [2.75, 3.05) is 16.8 Å². The minimum atomic E-state index is -0.424. The van der Waals surface area contributed by atoms with Crippen LogP contribution in [-0.4, -0.2) is 29.5 Å². The van der Waals surface area contributed by atoms with Gasteiger partial charge in [0.25, 0.3) is 11.8 Å². The Balaban J connectivity index is 1.57. The summed E-state index contributed by atoms with van der Waals surface area (Å²) in [5.74, 6) is 0.203. The van der Waals surface area contributed by atoms with E-state index in [-0.39, 0.29) is 11.8 Å². The summed E-state index contributed by atoms with van der Waals surface area (Å²) in [6.07, 6.45) is 2.84. The molecule has 0 radical (unpaired) electrons. The summed E-state index contributed by atoms with van der Waals surface area (Å²) in [6.45, 7) is 0.998. The number of aromatic nitrogens is 1. The second-order valence-corrected chi connectivity index (χ2v) is 7.14. The number of hydrogen-bond donors (Lipinski definition) is 1. The monoisotopic (exact) mass is 401 g/mol. The minimum absolute atomic E-state index is 0.178. The lowest BCUT2D eigenvalue weighted by Crippen LogP contribution is -2.31. The summed E-state index contributed by atoms with van der Waals surface area (Å²) in [5.41, 5.74) is 2.04. The fraction of sp³-hybridized carbons (Fsp3) is 0.208. The van der Waals surface area contributed by atoms with Crippen LogP contribution < -0.4 is 10.2 Å². The van der Waals surface area contributed by atoms with Crippen LogP contribution >= 0.6 is 0 Å². The van der Waals surface area contributed by atoms with Crippen molar-refractivity contribution in [1.82, 2.24) is 4.98 Å². The fourth-order valence-electron chi connectivity index (χ4n) is 3.43. The molecule has 2 heterocycles. The second kappa shape index (κ2) is 9.33. The first-order chi connectivity index (χ1) is 14.7. The maximum absolute atomic E-state index is 13.4. The number of pyridine rings is 1. The van der Waals surface area contributed by atoms with E-state index < -0.39 is 6.10 Å². The first-order valence-electron chi connectivity index (χ1n) is 10.00. The molecule has 2 amide bonds. The second-order valence-electron chi connectivity index (χ2n) is 7.14. The predicted molar refractivity (Wildman–Crippen MR) is 115 cm³/mol. The maximum Gasteiger partial charge on any atom is 0.259 e. The molecule has 3 aromatic rings. The molecule has 152 valence electrons. The van der Waals surface area contributed by atoms with Gasteiger partial charge in [-0.3, -0.25) is 14.5 Å². The van der Waals surface area contributed by atoms with E-state index in [0.29, 0.717) is 30.2 Å². The zero-order valence-electron chi connectivity index (χ0n) is 16.5. The molecule has 6 nitrogen and oxygen atoms in total. The lowest BCUT2D eigenvalue weighted by atomic mass is 10.1. The number of amides is 2. The smallest absolute Gasteiger partial charge is 0.259 e. The Morgan fingerprint density at radius 1 is 1.03 bits per heavy atom. The average molecular weight is 401 g/mol. The molecule has 30 heavy (non-hydrogen) atoms. The third kappa shape index (κ3) is 4.72. The van der Waals surface area contributed by atoms with Gasteiger partial charge in [-0.05, 0) is 48.7 Å². The molecule has 6 heteroatoms. The van der Waals surface area contributed by atoms with E-state index in [2.05, 4.69) is 10.3 Å². The molecule has 0 saturated carbocycles. The molecular formula is C24H23N3O3. The third-order valence-electron chi connectivity index (χ3n) is 4.95. The topological polar surface area (TPSA) is 71.5 Å². The number of hydrogen-bond acceptors (Lipinski definition) is 4. The molecule has 1 atom stereocenters. The molecular weight excluding hydrogens is 378 g/mol. The van der Waals surface area contributed by atoms with Gasteiger partial charge in [-0.15, -0.1) is 0 Å². The summed E-state index contributed by atoms with van der Waals surface area (Å²) in [4.78, 5) is 31.7. The van der Waals surface area contributed by atoms with Gasteiger partial charge in [0.1, 0.15) is 11.9 Å². The van der Waals surface area contributed by atoms with E-state index in [0.717, 1.165) is 18.4 Å². The molecule has 1 aromatic heterocycles. The van der Waals surface area contributed by atoms with Gasteiger partial charge < -0.3 is 10.1 Å². The van der Waals surface area contributed by atoms with Gasteiger partial charge in [0.15, 0.2) is 0 Å². The van der Waals surface area contributed by atoms with Crippen LogP contribution in [0.3, 0.4) is 0 Å². The fourth-order valence-corrected chi connectivity index (χ4v) is 3.43. The number of nitrogens with zero attached hydrogens (tertiary/aromatic N) is 2. The highest BCUT2D eigenvalue weighted by Crippen LogP contribution is 2.21. The highest BCUT2D eigenvalue weighted by molar-refractivity contribution is 6.06. The summed E-state index contributed by atoms with van der Waals surface area (Å²) in [6, 6.07) is 22.2. The van der Waals surface area contributed by atoms with Crippen molar-refractivity contribution in [3.63, 3.8) is 0 Å². The molecule has 1 saturated heterocycles. The highest BCUT2D eigenvalue weighted by Gasteiger charge is 2.24. The van der Waals surface area contributed by atoms with Crippen LogP contribution in [-0.2, 0) is 16.1 Å². The van der Waals surface area contributed by atoms with Crippen molar-refractivity contribution in [3.8, 4) is 0 Å². The summed E-state index contributed by atoms with van der Waals surface area (Å²) < 4.78 is 5.43. The molecule has 1 fully saturated rings. The molecule has 0 bridgehead atoms. The quantitative estimate of drug-likeness (QED) is 0.677. The number of carbonyl (C=O) groups excluding carboxylic acids is 2. The molecule has 4 rings (SSSR count). The summed E-state index contributed by atoms with van der Waals surface area (Å²) in [7, 11) is 0. The molecule has 1 aliphatic heterocycles. The van der Waals surface area contributed by atoms with Crippen LogP contribution in [0.4, 0.5) is 11.5 Å². The van der Waals surface area contributed by atoms with Crippen molar-refractivity contribution in [2.45, 2.75) is 25.5 Å². The van der Waals surface area contributed by atoms with Crippen molar-refractivity contribution in [2.24, 2.45) is 0 Å². The highest BCUT2D eigenvalue weighted by atomic mass is 16.5. The number of benzene rings is 2. The number of ether oxygens (including phenoxy) is 1. The largest absolute Gasteiger partial charge is 0.368 e. The Kier molecular flexibility index (Phi) is 6.15. The number of anilines is 2. The van der Waals surface area contributed by atoms with Crippen LogP contribution in [0.1, 0.15) is 28.8 Å². The Hall–Kier alpha value is -3.51. The van der Waals surface area contributed by atoms with E-state index in [4.69, 9.17) is 4.74 Å². The van der Waals surface area contributed by atoms with Crippen molar-refractivity contribution in [1.29, 1.82) is 0 Å². The zero-order chi connectivity index (χ0) is 20.8. The van der Waals surface area contributed by atoms with Gasteiger partial charge in [-0.25, -0.2) is 4.98 Å². The van der Waals surface area contributed by atoms with Gasteiger partial charge >= 0.3 is 0 Å². The first kappa shape index (κ1) is 19.8. The molecule has 0 unspecified atom stereocenters. The maximum atomic E-state index is 13.4. The Morgan fingerprint density at radius 2 is 1.87 bits per heavy atom. The first-order valence-corrected chi connectivity index (χ1v) is 10.00. The number of carbonyl (C=O) groups is 2. The molecule has 1 N–H and O–H groups in total. The van der Waals surface area contributed by atoms with Gasteiger partial charge in [-0.2, -0.15) is 0 Å². The molecule has 0 spiro atoms. The van der Waals surface area contributed by atoms with E-state index in [1.165, 1.54) is 0 Å². The van der Waals surface area contributed by atoms with E-state index in [1.807, 2.05) is 48.5 Å². The Morgan fingerprint density at radius 3 is 2.60 bits per heavy atom. The van der Waals surface area contributed by atoms with Gasteiger partial charge in [-0.1, -0.05) is 42.5 Å². The lowest BCUT2D eigenvalue weighted by Gasteiger charge is -2.22. The molecule has 1 aliphatic rings. The average Bonchev–Trinajstić information content (AvgIpc) is 3.34. The van der Waals surface area contributed by atoms with Crippen LogP contribution in [0.25, 0.3) is 0 Å². The van der Waals surface area contributed by atoms with Crippen molar-refractivity contribution in [3.05, 3.63) is 90.1 Å². The standard InChI is InChI=1S/C24H23N3O3/c28-23(21-12-7-15-30-21)26-20-11-6-10-19(16-20)24(29)27(22-13-4-5-14-25-22)17-18-8-2-1-3-9-18/h1-6,8-11,13-14,16,21H,7,12,15,17H2,(H,26,28)/t21-/m0/s1. The molecule has 2 aromatic carbocycles. The number of rotatable bonds is 6. The SMILES string of the molecule is O=C(Nc1cccc(C(=O)N(Cc2ccccc2)c2ccccn2)c1)[C@@H]1CCCO1. The van der Waals surface area contributed by atoms with Gasteiger partial charge in [0.05, 0.1) is 6.54 Å². The van der Waals surface area contributed by atoms with Gasteiger partial charge in [0, 0.05) is 24.1 Å². The van der Waals surface area contributed by atoms with Crippen LogP contribution in [0, 0.1) is 0 Å². The van der Waals surface area contributed by atoms with Crippen molar-refractivity contribution < 1.29 is 14.3 Å². The van der Waals surface area contributed by atoms with Crippen molar-refractivity contribution >= 4 is 23.3 Å². The van der Waals surface area contributed by atoms with Crippen LogP contribution in [0.5, 0.6) is 0 Å².